The number of urea groups is 1. The van der Waals surface area contributed by atoms with Crippen molar-refractivity contribution in [1.82, 2.24) is 9.47 Å². The van der Waals surface area contributed by atoms with E-state index >= 15 is 0 Å². The predicted octanol–water partition coefficient (Wildman–Crippen LogP) is 6.72. The Hall–Kier alpha value is -3.57. The Balaban J connectivity index is 1.63. The van der Waals surface area contributed by atoms with E-state index in [-0.39, 0.29) is 17.1 Å². The average Bonchev–Trinajstić information content (AvgIpc) is 3.20. The van der Waals surface area contributed by atoms with Crippen LogP contribution in [0.25, 0.3) is 5.69 Å². The summed E-state index contributed by atoms with van der Waals surface area (Å²) < 4.78 is 15.7. The van der Waals surface area contributed by atoms with Gasteiger partial charge in [0.15, 0.2) is 0 Å². The van der Waals surface area contributed by atoms with Crippen molar-refractivity contribution in [3.05, 3.63) is 118 Å². The van der Waals surface area contributed by atoms with Gasteiger partial charge in [-0.25, -0.2) is 9.18 Å². The number of rotatable bonds is 2. The lowest BCUT2D eigenvalue weighted by atomic mass is 10.00. The van der Waals surface area contributed by atoms with Crippen LogP contribution in [0.5, 0.6) is 0 Å². The fraction of sp³-hybridized carbons (Fsp3) is 0.115. The molecule has 1 atom stereocenters. The van der Waals surface area contributed by atoms with Gasteiger partial charge in [-0.2, -0.15) is 0 Å². The number of nitrogens with zero attached hydrogens (tertiary/aromatic N) is 2. The van der Waals surface area contributed by atoms with E-state index in [0.29, 0.717) is 12.2 Å². The number of carbonyl (C=O) groups is 1. The molecule has 5 rings (SSSR count). The number of para-hydroxylation sites is 1. The van der Waals surface area contributed by atoms with Gasteiger partial charge in [-0.3, -0.25) is 0 Å². The van der Waals surface area contributed by atoms with E-state index in [4.69, 9.17) is 11.6 Å². The summed E-state index contributed by atoms with van der Waals surface area (Å²) in [5.74, 6) is -0.524. The Kier molecular flexibility index (Phi) is 5.19. The number of carbonyl (C=O) groups excluding carboxylic acids is 1. The predicted molar refractivity (Wildman–Crippen MR) is 125 cm³/mol. The highest BCUT2D eigenvalue weighted by Gasteiger charge is 2.33. The molecule has 1 unspecified atom stereocenters. The van der Waals surface area contributed by atoms with Crippen molar-refractivity contribution < 1.29 is 9.18 Å². The average molecular weight is 446 g/mol. The molecule has 1 aromatic heterocycles. The minimum Gasteiger partial charge on any atom is -0.318 e. The Morgan fingerprint density at radius 1 is 1.03 bits per heavy atom. The van der Waals surface area contributed by atoms with Gasteiger partial charge in [-0.15, -0.1) is 0 Å². The molecule has 0 aliphatic carbocycles. The normalized spacial score (nSPS) is 15.0. The first-order valence-corrected chi connectivity index (χ1v) is 10.7. The van der Waals surface area contributed by atoms with E-state index in [1.54, 1.807) is 0 Å². The molecule has 0 radical (unpaired) electrons. The molecule has 1 N–H and O–H groups in total. The number of benzene rings is 3. The second kappa shape index (κ2) is 8.17. The third-order valence-corrected chi connectivity index (χ3v) is 6.04. The zero-order chi connectivity index (χ0) is 22.2. The van der Waals surface area contributed by atoms with E-state index in [0.717, 1.165) is 28.1 Å². The summed E-state index contributed by atoms with van der Waals surface area (Å²) >= 11 is 5.93. The van der Waals surface area contributed by atoms with Crippen molar-refractivity contribution in [2.45, 2.75) is 19.5 Å². The monoisotopic (exact) mass is 445 g/mol. The molecule has 3 aromatic carbocycles. The maximum absolute atomic E-state index is 13.6. The van der Waals surface area contributed by atoms with Crippen LogP contribution in [-0.2, 0) is 6.54 Å². The first kappa shape index (κ1) is 20.3. The number of halogens is 2. The summed E-state index contributed by atoms with van der Waals surface area (Å²) in [5.41, 5.74) is 5.65. The second-order valence-electron chi connectivity index (χ2n) is 7.94. The second-order valence-corrected chi connectivity index (χ2v) is 8.34. The molecular formula is C26H21ClFN3O. The number of anilines is 1. The van der Waals surface area contributed by atoms with Crippen molar-refractivity contribution in [3.63, 3.8) is 0 Å². The number of fused-ring (bicyclic) bond motifs is 3. The number of nitrogens with one attached hydrogen (secondary N) is 1. The van der Waals surface area contributed by atoms with E-state index in [9.17, 15) is 9.18 Å². The van der Waals surface area contributed by atoms with Crippen molar-refractivity contribution in [3.8, 4) is 5.69 Å². The van der Waals surface area contributed by atoms with Gasteiger partial charge < -0.3 is 14.8 Å². The van der Waals surface area contributed by atoms with E-state index < -0.39 is 5.82 Å². The van der Waals surface area contributed by atoms with Gasteiger partial charge in [0.2, 0.25) is 0 Å². The van der Waals surface area contributed by atoms with Crippen LogP contribution < -0.4 is 5.32 Å². The topological polar surface area (TPSA) is 37.3 Å². The molecule has 4 aromatic rings. The first-order chi connectivity index (χ1) is 15.5. The number of aryl methyl sites for hydroxylation is 1. The third kappa shape index (κ3) is 3.65. The Morgan fingerprint density at radius 3 is 2.69 bits per heavy atom. The molecule has 6 heteroatoms. The highest BCUT2D eigenvalue weighted by molar-refractivity contribution is 6.31. The maximum atomic E-state index is 13.6. The molecule has 2 amide bonds. The Morgan fingerprint density at radius 2 is 1.88 bits per heavy atom. The van der Waals surface area contributed by atoms with Crippen LogP contribution in [0.2, 0.25) is 5.02 Å². The fourth-order valence-electron chi connectivity index (χ4n) is 4.30. The van der Waals surface area contributed by atoms with Gasteiger partial charge in [0.1, 0.15) is 5.82 Å². The van der Waals surface area contributed by atoms with Gasteiger partial charge in [-0.05, 0) is 54.4 Å². The fourth-order valence-corrected chi connectivity index (χ4v) is 4.48. The summed E-state index contributed by atoms with van der Waals surface area (Å²) in [4.78, 5) is 15.4. The van der Waals surface area contributed by atoms with Crippen molar-refractivity contribution in [2.24, 2.45) is 0 Å². The quantitative estimate of drug-likeness (QED) is 0.365. The highest BCUT2D eigenvalue weighted by atomic mass is 35.5. The van der Waals surface area contributed by atoms with Crippen LogP contribution >= 0.6 is 11.6 Å². The number of amides is 2. The molecular weight excluding hydrogens is 425 g/mol. The van der Waals surface area contributed by atoms with E-state index in [1.807, 2.05) is 66.6 Å². The van der Waals surface area contributed by atoms with Crippen molar-refractivity contribution in [2.75, 3.05) is 5.32 Å². The summed E-state index contributed by atoms with van der Waals surface area (Å²) in [7, 11) is 0. The van der Waals surface area contributed by atoms with Crippen molar-refractivity contribution in [1.29, 1.82) is 0 Å². The number of aromatic nitrogens is 1. The molecule has 1 aliphatic heterocycles. The molecule has 0 saturated heterocycles. The SMILES string of the molecule is Cc1cccc(C2c3cccn3-c3ccccc3CN2C(=O)Nc2ccc(F)c(Cl)c2)c1. The van der Waals surface area contributed by atoms with Gasteiger partial charge in [0, 0.05) is 17.6 Å². The number of hydrogen-bond acceptors (Lipinski definition) is 1. The molecule has 0 fully saturated rings. The third-order valence-electron chi connectivity index (χ3n) is 5.75. The lowest BCUT2D eigenvalue weighted by Crippen LogP contribution is -2.38. The Labute approximate surface area is 190 Å². The van der Waals surface area contributed by atoms with Crippen LogP contribution in [0.15, 0.2) is 85.1 Å². The lowest BCUT2D eigenvalue weighted by Gasteiger charge is -2.31. The molecule has 4 nitrogen and oxygen atoms in total. The minimum absolute atomic E-state index is 0.0341. The maximum Gasteiger partial charge on any atom is 0.322 e. The zero-order valence-corrected chi connectivity index (χ0v) is 18.2. The summed E-state index contributed by atoms with van der Waals surface area (Å²) in [6, 6.07) is 23.9. The lowest BCUT2D eigenvalue weighted by molar-refractivity contribution is 0.194. The van der Waals surface area contributed by atoms with Crippen LogP contribution in [0.1, 0.15) is 28.4 Å². The van der Waals surface area contributed by atoms with Crippen molar-refractivity contribution >= 4 is 23.3 Å². The molecule has 0 spiro atoms. The molecule has 0 saturated carbocycles. The number of hydrogen-bond donors (Lipinski definition) is 1. The van der Waals surface area contributed by atoms with Gasteiger partial charge in [-0.1, -0.05) is 59.6 Å². The van der Waals surface area contributed by atoms with Gasteiger partial charge in [0.05, 0.1) is 23.3 Å². The molecule has 0 bridgehead atoms. The van der Waals surface area contributed by atoms with Crippen LogP contribution in [0, 0.1) is 12.7 Å². The molecule has 2 heterocycles. The summed E-state index contributed by atoms with van der Waals surface area (Å²) in [6.45, 7) is 2.45. The zero-order valence-electron chi connectivity index (χ0n) is 17.4. The molecule has 1 aliphatic rings. The Bertz CT molecular complexity index is 1320. The highest BCUT2D eigenvalue weighted by Crippen LogP contribution is 2.37. The van der Waals surface area contributed by atoms with E-state index in [2.05, 4.69) is 22.0 Å². The van der Waals surface area contributed by atoms with E-state index in [1.165, 1.54) is 18.2 Å². The molecule has 160 valence electrons. The first-order valence-electron chi connectivity index (χ1n) is 10.4. The van der Waals surface area contributed by atoms with Gasteiger partial charge >= 0.3 is 6.03 Å². The largest absolute Gasteiger partial charge is 0.322 e. The van der Waals surface area contributed by atoms with Crippen LogP contribution in [0.3, 0.4) is 0 Å². The smallest absolute Gasteiger partial charge is 0.318 e. The molecule has 32 heavy (non-hydrogen) atoms. The summed E-state index contributed by atoms with van der Waals surface area (Å²) in [5, 5.41) is 2.87. The van der Waals surface area contributed by atoms with Crippen LogP contribution in [0.4, 0.5) is 14.9 Å². The minimum atomic E-state index is -0.524. The summed E-state index contributed by atoms with van der Waals surface area (Å²) in [6.07, 6.45) is 2.03. The van der Waals surface area contributed by atoms with Gasteiger partial charge in [0.25, 0.3) is 0 Å². The van der Waals surface area contributed by atoms with Crippen LogP contribution in [-0.4, -0.2) is 15.5 Å². The standard InChI is InChI=1S/C26H21ClFN3O/c1-17-6-4-8-18(14-17)25-24-10-5-13-30(24)23-9-3-2-7-19(23)16-31(25)26(32)29-20-11-12-22(28)21(27)15-20/h2-15,25H,16H2,1H3,(H,29,32).